The number of amidine groups is 1. The van der Waals surface area contributed by atoms with E-state index in [0.717, 1.165) is 11.1 Å². The number of ether oxygens (including phenoxy) is 2. The lowest BCUT2D eigenvalue weighted by Gasteiger charge is -2.12. The molecule has 0 radical (unpaired) electrons. The van der Waals surface area contributed by atoms with Crippen molar-refractivity contribution in [3.63, 3.8) is 0 Å². The minimum absolute atomic E-state index is 0.0541. The maximum absolute atomic E-state index is 11.0. The van der Waals surface area contributed by atoms with E-state index in [0.29, 0.717) is 35.6 Å². The number of carbonyl (C=O) groups excluding carboxylic acids is 1. The first kappa shape index (κ1) is 17.1. The van der Waals surface area contributed by atoms with Gasteiger partial charge in [-0.05, 0) is 43.2 Å². The number of nitrogens with one attached hydrogen (secondary N) is 1. The number of benzene rings is 1. The third kappa shape index (κ3) is 5.45. The maximum atomic E-state index is 11.0. The Morgan fingerprint density at radius 1 is 1.43 bits per heavy atom. The zero-order valence-electron chi connectivity index (χ0n) is 13.2. The van der Waals surface area contributed by atoms with Gasteiger partial charge in [-0.15, -0.1) is 5.10 Å². The topological polar surface area (TPSA) is 72.3 Å². The Kier molecular flexibility index (Phi) is 6.22. The molecule has 7 heteroatoms. The Labute approximate surface area is 139 Å². The lowest BCUT2D eigenvalue weighted by molar-refractivity contribution is -0.116. The number of hydrogen-bond acceptors (Lipinski definition) is 6. The van der Waals surface area contributed by atoms with E-state index < -0.39 is 0 Å². The number of rotatable bonds is 7. The third-order valence-electron chi connectivity index (χ3n) is 2.68. The largest absolute Gasteiger partial charge is 0.490 e. The highest BCUT2D eigenvalue weighted by Gasteiger charge is 2.15. The Balaban J connectivity index is 2.08. The smallest absolute Gasteiger partial charge is 0.236 e. The summed E-state index contributed by atoms with van der Waals surface area (Å²) in [4.78, 5) is 11.0. The van der Waals surface area contributed by atoms with Crippen LogP contribution in [0.3, 0.4) is 0 Å². The van der Waals surface area contributed by atoms with E-state index in [9.17, 15) is 4.79 Å². The molecule has 0 unspecified atom stereocenters. The molecule has 1 fully saturated rings. The van der Waals surface area contributed by atoms with E-state index in [1.807, 2.05) is 32.0 Å². The highest BCUT2D eigenvalue weighted by atomic mass is 32.2. The highest BCUT2D eigenvalue weighted by Crippen LogP contribution is 2.28. The Morgan fingerprint density at radius 2 is 2.26 bits per heavy atom. The minimum atomic E-state index is -0.0541. The van der Waals surface area contributed by atoms with E-state index >= 15 is 0 Å². The van der Waals surface area contributed by atoms with Gasteiger partial charge in [0.2, 0.25) is 5.91 Å². The van der Waals surface area contributed by atoms with Crippen LogP contribution in [0.25, 0.3) is 0 Å². The van der Waals surface area contributed by atoms with Crippen molar-refractivity contribution in [1.82, 2.24) is 5.32 Å². The summed E-state index contributed by atoms with van der Waals surface area (Å²) >= 11 is 1.33. The summed E-state index contributed by atoms with van der Waals surface area (Å²) in [7, 11) is 0. The molecule has 1 aromatic carbocycles. The van der Waals surface area contributed by atoms with E-state index in [4.69, 9.17) is 9.47 Å². The molecular weight excluding hydrogens is 314 g/mol. The first-order valence-corrected chi connectivity index (χ1v) is 8.14. The van der Waals surface area contributed by atoms with Gasteiger partial charge < -0.3 is 14.8 Å². The maximum Gasteiger partial charge on any atom is 0.236 e. The van der Waals surface area contributed by atoms with Crippen molar-refractivity contribution in [2.75, 3.05) is 19.0 Å². The molecule has 1 saturated heterocycles. The second-order valence-electron chi connectivity index (χ2n) is 4.87. The van der Waals surface area contributed by atoms with Gasteiger partial charge in [0.15, 0.2) is 16.7 Å². The molecular formula is C16H19N3O3S. The van der Waals surface area contributed by atoms with E-state index in [-0.39, 0.29) is 5.91 Å². The van der Waals surface area contributed by atoms with Gasteiger partial charge in [-0.2, -0.15) is 5.10 Å². The van der Waals surface area contributed by atoms with Gasteiger partial charge in [0, 0.05) is 0 Å². The molecule has 1 N–H and O–H groups in total. The van der Waals surface area contributed by atoms with Crippen LogP contribution in [0, 0.1) is 0 Å². The SMILES string of the molecule is C=C(C)COc1ccc(C=NN=C2NC(=O)CS2)cc1OCC. The molecule has 0 aliphatic carbocycles. The molecule has 1 aliphatic heterocycles. The van der Waals surface area contributed by atoms with Gasteiger partial charge in [0.25, 0.3) is 0 Å². The first-order chi connectivity index (χ1) is 11.1. The van der Waals surface area contributed by atoms with Crippen LogP contribution in [-0.4, -0.2) is 36.3 Å². The number of amides is 1. The zero-order valence-corrected chi connectivity index (χ0v) is 14.0. The number of thioether (sulfide) groups is 1. The fraction of sp³-hybridized carbons (Fsp3) is 0.312. The van der Waals surface area contributed by atoms with E-state index in [1.165, 1.54) is 11.8 Å². The molecule has 1 amide bonds. The number of carbonyl (C=O) groups is 1. The summed E-state index contributed by atoms with van der Waals surface area (Å²) in [6.45, 7) is 8.61. The van der Waals surface area contributed by atoms with Gasteiger partial charge in [-0.1, -0.05) is 18.3 Å². The zero-order chi connectivity index (χ0) is 16.7. The summed E-state index contributed by atoms with van der Waals surface area (Å²) < 4.78 is 11.2. The van der Waals surface area contributed by atoms with Gasteiger partial charge in [0.05, 0.1) is 18.6 Å². The quantitative estimate of drug-likeness (QED) is 0.473. The lowest BCUT2D eigenvalue weighted by Crippen LogP contribution is -2.19. The van der Waals surface area contributed by atoms with Crippen LogP contribution in [0.4, 0.5) is 0 Å². The fourth-order valence-corrected chi connectivity index (χ4v) is 2.35. The van der Waals surface area contributed by atoms with Crippen molar-refractivity contribution in [2.24, 2.45) is 10.2 Å². The van der Waals surface area contributed by atoms with Gasteiger partial charge in [0.1, 0.15) is 6.61 Å². The predicted molar refractivity (Wildman–Crippen MR) is 93.5 cm³/mol. The normalized spacial score (nSPS) is 15.9. The molecule has 122 valence electrons. The van der Waals surface area contributed by atoms with Crippen LogP contribution in [0.1, 0.15) is 19.4 Å². The lowest BCUT2D eigenvalue weighted by atomic mass is 10.2. The van der Waals surface area contributed by atoms with Crippen LogP contribution in [0.15, 0.2) is 40.6 Å². The molecule has 1 aromatic rings. The molecule has 6 nitrogen and oxygen atoms in total. The summed E-state index contributed by atoms with van der Waals surface area (Å²) in [5, 5.41) is 11.1. The molecule has 0 bridgehead atoms. The molecule has 2 rings (SSSR count). The predicted octanol–water partition coefficient (Wildman–Crippen LogP) is 2.59. The van der Waals surface area contributed by atoms with Crippen molar-refractivity contribution in [1.29, 1.82) is 0 Å². The van der Waals surface area contributed by atoms with Crippen LogP contribution >= 0.6 is 11.8 Å². The van der Waals surface area contributed by atoms with Crippen molar-refractivity contribution >= 4 is 29.1 Å². The fourth-order valence-electron chi connectivity index (χ4n) is 1.72. The monoisotopic (exact) mass is 333 g/mol. The number of nitrogens with zero attached hydrogens (tertiary/aromatic N) is 2. The number of hydrogen-bond donors (Lipinski definition) is 1. The van der Waals surface area contributed by atoms with Crippen LogP contribution in [-0.2, 0) is 4.79 Å². The summed E-state index contributed by atoms with van der Waals surface area (Å²) in [5.41, 5.74) is 1.76. The Hall–Kier alpha value is -2.28. The third-order valence-corrected chi connectivity index (χ3v) is 3.55. The summed E-state index contributed by atoms with van der Waals surface area (Å²) in [6, 6.07) is 5.52. The van der Waals surface area contributed by atoms with Crippen molar-refractivity contribution < 1.29 is 14.3 Å². The molecule has 0 saturated carbocycles. The second-order valence-corrected chi connectivity index (χ2v) is 5.84. The van der Waals surface area contributed by atoms with Gasteiger partial charge >= 0.3 is 0 Å². The van der Waals surface area contributed by atoms with E-state index in [1.54, 1.807) is 6.21 Å². The van der Waals surface area contributed by atoms with Gasteiger partial charge in [-0.3, -0.25) is 4.79 Å². The van der Waals surface area contributed by atoms with Crippen molar-refractivity contribution in [3.8, 4) is 11.5 Å². The Bertz CT molecular complexity index is 656. The molecule has 1 aliphatic rings. The van der Waals surface area contributed by atoms with Crippen molar-refractivity contribution in [3.05, 3.63) is 35.9 Å². The molecule has 0 spiro atoms. The first-order valence-electron chi connectivity index (χ1n) is 7.16. The molecule has 0 atom stereocenters. The average Bonchev–Trinajstić information content (AvgIpc) is 2.92. The van der Waals surface area contributed by atoms with E-state index in [2.05, 4.69) is 22.1 Å². The molecule has 23 heavy (non-hydrogen) atoms. The standard InChI is InChI=1S/C16H19N3O3S/c1-4-21-14-7-12(5-6-13(14)22-9-11(2)3)8-17-19-16-18-15(20)10-23-16/h5-8H,2,4,9-10H2,1,3H3,(H,18,19,20). The van der Waals surface area contributed by atoms with Crippen LogP contribution in [0.5, 0.6) is 11.5 Å². The average molecular weight is 333 g/mol. The summed E-state index contributed by atoms with van der Waals surface area (Å²) in [6.07, 6.45) is 1.60. The summed E-state index contributed by atoms with van der Waals surface area (Å²) in [5.74, 6) is 1.64. The minimum Gasteiger partial charge on any atom is -0.490 e. The highest BCUT2D eigenvalue weighted by molar-refractivity contribution is 8.15. The van der Waals surface area contributed by atoms with Crippen LogP contribution in [0.2, 0.25) is 0 Å². The molecule has 0 aromatic heterocycles. The van der Waals surface area contributed by atoms with Gasteiger partial charge in [-0.25, -0.2) is 0 Å². The Morgan fingerprint density at radius 3 is 2.91 bits per heavy atom. The van der Waals surface area contributed by atoms with Crippen molar-refractivity contribution in [2.45, 2.75) is 13.8 Å². The molecule has 1 heterocycles. The van der Waals surface area contributed by atoms with Crippen LogP contribution < -0.4 is 14.8 Å². The second kappa shape index (κ2) is 8.38.